The molecule has 0 aliphatic heterocycles. The normalized spacial score (nSPS) is 12.0. The van der Waals surface area contributed by atoms with Gasteiger partial charge in [-0.3, -0.25) is 9.52 Å². The average molecular weight is 416 g/mol. The third-order valence-electron chi connectivity index (χ3n) is 4.08. The third kappa shape index (κ3) is 4.21. The number of nitrogens with one attached hydrogen (secondary N) is 2. The molecule has 152 valence electrons. The Morgan fingerprint density at radius 1 is 1.17 bits per heavy atom. The zero-order valence-corrected chi connectivity index (χ0v) is 16.8. The summed E-state index contributed by atoms with van der Waals surface area (Å²) in [7, 11) is -4.36. The number of hydrogen-bond acceptors (Lipinski definition) is 5. The Balaban J connectivity index is 2.03. The smallest absolute Gasteiger partial charge is 0.422 e. The maximum Gasteiger partial charge on any atom is 0.422 e. The van der Waals surface area contributed by atoms with Crippen molar-refractivity contribution in [3.63, 3.8) is 0 Å². The SMILES string of the molecule is CC(C)(C)N(C(=O)O)S(=O)(=O)Nc1cccc(-c2ccnc3[nH]c(=O)ccc23)c1. The Morgan fingerprint density at radius 2 is 1.90 bits per heavy atom. The number of carboxylic acid groups (broad SMARTS) is 1. The molecule has 3 aromatic rings. The topological polar surface area (TPSA) is 132 Å². The molecular weight excluding hydrogens is 396 g/mol. The molecule has 0 fully saturated rings. The zero-order chi connectivity index (χ0) is 21.4. The lowest BCUT2D eigenvalue weighted by Crippen LogP contribution is -2.50. The van der Waals surface area contributed by atoms with Crippen LogP contribution in [0.4, 0.5) is 10.5 Å². The van der Waals surface area contributed by atoms with E-state index in [2.05, 4.69) is 14.7 Å². The minimum atomic E-state index is -4.36. The van der Waals surface area contributed by atoms with Crippen LogP contribution in [0.5, 0.6) is 0 Å². The minimum absolute atomic E-state index is 0.201. The van der Waals surface area contributed by atoms with Gasteiger partial charge in [0, 0.05) is 17.6 Å². The van der Waals surface area contributed by atoms with Gasteiger partial charge in [-0.2, -0.15) is 12.7 Å². The molecule has 3 N–H and O–H groups in total. The van der Waals surface area contributed by atoms with E-state index < -0.39 is 21.8 Å². The molecule has 0 atom stereocenters. The fourth-order valence-corrected chi connectivity index (χ4v) is 4.45. The molecule has 0 bridgehead atoms. The number of carbonyl (C=O) groups is 1. The molecule has 0 radical (unpaired) electrons. The van der Waals surface area contributed by atoms with Crippen molar-refractivity contribution < 1.29 is 18.3 Å². The molecule has 2 heterocycles. The molecule has 29 heavy (non-hydrogen) atoms. The number of amides is 1. The monoisotopic (exact) mass is 416 g/mol. The van der Waals surface area contributed by atoms with Gasteiger partial charge in [0.2, 0.25) is 5.56 Å². The predicted molar refractivity (Wildman–Crippen MR) is 110 cm³/mol. The molecule has 0 aliphatic carbocycles. The summed E-state index contributed by atoms with van der Waals surface area (Å²) in [5.74, 6) is 0. The summed E-state index contributed by atoms with van der Waals surface area (Å²) in [6.45, 7) is 4.46. The Labute approximate surface area is 167 Å². The maximum atomic E-state index is 12.7. The second-order valence-corrected chi connectivity index (χ2v) is 8.87. The number of aromatic nitrogens is 2. The zero-order valence-electron chi connectivity index (χ0n) is 16.0. The Kier molecular flexibility index (Phi) is 5.05. The van der Waals surface area contributed by atoms with Crippen LogP contribution in [0.25, 0.3) is 22.2 Å². The number of fused-ring (bicyclic) bond motifs is 1. The van der Waals surface area contributed by atoms with Crippen LogP contribution in [0.1, 0.15) is 20.8 Å². The van der Waals surface area contributed by atoms with Gasteiger partial charge >= 0.3 is 16.3 Å². The van der Waals surface area contributed by atoms with E-state index in [0.717, 1.165) is 5.56 Å². The van der Waals surface area contributed by atoms with E-state index in [1.54, 1.807) is 30.3 Å². The Hall–Kier alpha value is -3.40. The van der Waals surface area contributed by atoms with E-state index in [0.29, 0.717) is 20.9 Å². The van der Waals surface area contributed by atoms with Crippen LogP contribution in [0.3, 0.4) is 0 Å². The third-order valence-corrected chi connectivity index (χ3v) is 5.76. The number of hydrogen-bond donors (Lipinski definition) is 3. The lowest BCUT2D eigenvalue weighted by molar-refractivity contribution is 0.147. The summed E-state index contributed by atoms with van der Waals surface area (Å²) in [6, 6.07) is 11.3. The van der Waals surface area contributed by atoms with Crippen molar-refractivity contribution in [3.8, 4) is 11.1 Å². The molecule has 0 saturated carbocycles. The van der Waals surface area contributed by atoms with E-state index in [1.807, 2.05) is 0 Å². The molecule has 0 unspecified atom stereocenters. The number of pyridine rings is 2. The largest absolute Gasteiger partial charge is 0.464 e. The number of H-pyrrole nitrogens is 1. The van der Waals surface area contributed by atoms with E-state index in [9.17, 15) is 23.1 Å². The second kappa shape index (κ2) is 7.21. The van der Waals surface area contributed by atoms with Gasteiger partial charge in [-0.05, 0) is 56.2 Å². The fraction of sp³-hybridized carbons (Fsp3) is 0.211. The van der Waals surface area contributed by atoms with Crippen molar-refractivity contribution in [2.24, 2.45) is 0 Å². The minimum Gasteiger partial charge on any atom is -0.464 e. The standard InChI is InChI=1S/C19H20N4O5S/c1-19(2,3)23(18(25)26)29(27,28)22-13-6-4-5-12(11-13)14-9-10-20-17-15(14)7-8-16(24)21-17/h4-11,22H,1-3H3,(H,25,26)(H,20,21,24). The summed E-state index contributed by atoms with van der Waals surface area (Å²) in [4.78, 5) is 29.8. The lowest BCUT2D eigenvalue weighted by atomic mass is 10.0. The maximum absolute atomic E-state index is 12.7. The van der Waals surface area contributed by atoms with Crippen LogP contribution in [-0.2, 0) is 10.2 Å². The van der Waals surface area contributed by atoms with E-state index in [1.165, 1.54) is 39.1 Å². The highest BCUT2D eigenvalue weighted by atomic mass is 32.2. The fourth-order valence-electron chi connectivity index (χ4n) is 3.01. The first-order valence-electron chi connectivity index (χ1n) is 8.63. The van der Waals surface area contributed by atoms with Gasteiger partial charge in [-0.1, -0.05) is 12.1 Å². The van der Waals surface area contributed by atoms with Gasteiger partial charge in [-0.15, -0.1) is 0 Å². The Bertz CT molecular complexity index is 1250. The summed E-state index contributed by atoms with van der Waals surface area (Å²) >= 11 is 0. The number of nitrogens with zero attached hydrogens (tertiary/aromatic N) is 2. The van der Waals surface area contributed by atoms with Gasteiger partial charge in [0.05, 0.1) is 11.2 Å². The lowest BCUT2D eigenvalue weighted by Gasteiger charge is -2.31. The molecule has 3 rings (SSSR count). The van der Waals surface area contributed by atoms with E-state index in [-0.39, 0.29) is 11.2 Å². The van der Waals surface area contributed by atoms with E-state index in [4.69, 9.17) is 0 Å². The highest BCUT2D eigenvalue weighted by Crippen LogP contribution is 2.29. The quantitative estimate of drug-likeness (QED) is 0.599. The molecule has 0 saturated heterocycles. The number of benzene rings is 1. The molecule has 10 heteroatoms. The van der Waals surface area contributed by atoms with Crippen LogP contribution < -0.4 is 10.3 Å². The molecule has 9 nitrogen and oxygen atoms in total. The predicted octanol–water partition coefficient (Wildman–Crippen LogP) is 3.03. The summed E-state index contributed by atoms with van der Waals surface area (Å²) < 4.78 is 28.0. The van der Waals surface area contributed by atoms with Gasteiger partial charge in [0.25, 0.3) is 0 Å². The van der Waals surface area contributed by atoms with Crippen LogP contribution >= 0.6 is 0 Å². The van der Waals surface area contributed by atoms with Gasteiger partial charge in [0.1, 0.15) is 5.65 Å². The van der Waals surface area contributed by atoms with Crippen molar-refractivity contribution in [2.45, 2.75) is 26.3 Å². The first-order valence-corrected chi connectivity index (χ1v) is 10.1. The van der Waals surface area contributed by atoms with Crippen molar-refractivity contribution in [1.29, 1.82) is 0 Å². The molecule has 1 aromatic carbocycles. The van der Waals surface area contributed by atoms with Crippen LogP contribution in [-0.4, -0.2) is 39.4 Å². The molecule has 0 aliphatic rings. The first kappa shape index (κ1) is 20.3. The first-order chi connectivity index (χ1) is 13.5. The molecule has 2 aromatic heterocycles. The highest BCUT2D eigenvalue weighted by molar-refractivity contribution is 7.91. The summed E-state index contributed by atoms with van der Waals surface area (Å²) in [5, 5.41) is 10.1. The number of anilines is 1. The van der Waals surface area contributed by atoms with Crippen molar-refractivity contribution in [3.05, 3.63) is 59.0 Å². The summed E-state index contributed by atoms with van der Waals surface area (Å²) in [5.41, 5.74) is 0.570. The van der Waals surface area contributed by atoms with Crippen LogP contribution in [0.2, 0.25) is 0 Å². The van der Waals surface area contributed by atoms with Crippen LogP contribution in [0.15, 0.2) is 53.5 Å². The highest BCUT2D eigenvalue weighted by Gasteiger charge is 2.37. The van der Waals surface area contributed by atoms with Crippen LogP contribution in [0, 0.1) is 0 Å². The van der Waals surface area contributed by atoms with Gasteiger partial charge in [0.15, 0.2) is 0 Å². The average Bonchev–Trinajstić information content (AvgIpc) is 2.58. The second-order valence-electron chi connectivity index (χ2n) is 7.35. The van der Waals surface area contributed by atoms with Gasteiger partial charge in [-0.25, -0.2) is 9.78 Å². The van der Waals surface area contributed by atoms with Crippen molar-refractivity contribution in [1.82, 2.24) is 14.3 Å². The van der Waals surface area contributed by atoms with Crippen molar-refractivity contribution >= 4 is 33.0 Å². The van der Waals surface area contributed by atoms with Crippen molar-refractivity contribution in [2.75, 3.05) is 4.72 Å². The summed E-state index contributed by atoms with van der Waals surface area (Å²) in [6.07, 6.45) is -0.0406. The molecule has 0 spiro atoms. The van der Waals surface area contributed by atoms with E-state index >= 15 is 0 Å². The number of aromatic amines is 1. The Morgan fingerprint density at radius 3 is 2.55 bits per heavy atom. The molecule has 1 amide bonds. The van der Waals surface area contributed by atoms with Gasteiger partial charge < -0.3 is 10.1 Å². The number of rotatable bonds is 4. The molecular formula is C19H20N4O5S.